The van der Waals surface area contributed by atoms with Crippen molar-refractivity contribution in [1.82, 2.24) is 4.57 Å². The topological polar surface area (TPSA) is 77.7 Å². The first kappa shape index (κ1) is 22.7. The van der Waals surface area contributed by atoms with E-state index in [1.54, 1.807) is 36.0 Å². The predicted molar refractivity (Wildman–Crippen MR) is 123 cm³/mol. The van der Waals surface area contributed by atoms with Crippen LogP contribution in [0.2, 0.25) is 0 Å². The molecule has 0 aliphatic carbocycles. The van der Waals surface area contributed by atoms with Gasteiger partial charge in [-0.15, -0.1) is 11.8 Å². The number of thiazole rings is 1. The summed E-state index contributed by atoms with van der Waals surface area (Å²) < 4.78 is 33.3. The van der Waals surface area contributed by atoms with Crippen LogP contribution in [-0.2, 0) is 31.7 Å². The molecule has 0 unspecified atom stereocenters. The molecule has 160 valence electrons. The van der Waals surface area contributed by atoms with Crippen molar-refractivity contribution >= 4 is 49.1 Å². The third kappa shape index (κ3) is 6.04. The Bertz CT molecular complexity index is 1180. The van der Waals surface area contributed by atoms with Crippen LogP contribution in [-0.4, -0.2) is 44.1 Å². The van der Waals surface area contributed by atoms with E-state index in [9.17, 15) is 13.2 Å². The van der Waals surface area contributed by atoms with Crippen LogP contribution >= 0.6 is 23.1 Å². The average molecular weight is 465 g/mol. The van der Waals surface area contributed by atoms with Crippen molar-refractivity contribution in [3.05, 3.63) is 58.9 Å². The number of ether oxygens (including phenoxy) is 1. The van der Waals surface area contributed by atoms with E-state index < -0.39 is 21.5 Å². The van der Waals surface area contributed by atoms with Gasteiger partial charge in [0, 0.05) is 18.0 Å². The minimum atomic E-state index is -3.60. The molecular formula is C21H24N2O4S3. The van der Waals surface area contributed by atoms with Gasteiger partial charge in [0.15, 0.2) is 14.6 Å². The molecular weight excluding hydrogens is 440 g/mol. The molecule has 0 aliphatic heterocycles. The number of fused-ring (bicyclic) bond motifs is 1. The molecule has 9 heteroatoms. The molecule has 0 bridgehead atoms. The summed E-state index contributed by atoms with van der Waals surface area (Å²) in [4.78, 5) is 18.3. The van der Waals surface area contributed by atoms with Crippen LogP contribution < -0.4 is 4.80 Å². The lowest BCUT2D eigenvalue weighted by atomic mass is 10.2. The van der Waals surface area contributed by atoms with Gasteiger partial charge >= 0.3 is 0 Å². The third-order valence-electron chi connectivity index (χ3n) is 4.35. The number of carbonyl (C=O) groups is 1. The standard InChI is InChI=1S/C21H24N2O4S3/c1-3-27-12-11-23-18-10-9-17(28-2)13-19(18)29-21(23)22-20(24)15-30(25,26)14-16-7-5-4-6-8-16/h4-10,13H,3,11-12,14-15H2,1-2H3. The fourth-order valence-electron chi connectivity index (χ4n) is 2.99. The van der Waals surface area contributed by atoms with E-state index in [1.807, 2.05) is 35.9 Å². The molecule has 6 nitrogen and oxygen atoms in total. The fourth-order valence-corrected chi connectivity index (χ4v) is 5.86. The zero-order valence-corrected chi connectivity index (χ0v) is 19.4. The molecule has 30 heavy (non-hydrogen) atoms. The van der Waals surface area contributed by atoms with Crippen molar-refractivity contribution in [3.8, 4) is 0 Å². The summed E-state index contributed by atoms with van der Waals surface area (Å²) in [5, 5.41) is 0. The second-order valence-electron chi connectivity index (χ2n) is 6.59. The Balaban J connectivity index is 1.89. The molecule has 0 N–H and O–H groups in total. The van der Waals surface area contributed by atoms with Crippen LogP contribution in [0.4, 0.5) is 0 Å². The number of aromatic nitrogens is 1. The predicted octanol–water partition coefficient (Wildman–Crippen LogP) is 3.50. The Morgan fingerprint density at radius 2 is 1.97 bits per heavy atom. The number of rotatable bonds is 9. The molecule has 3 aromatic rings. The fraction of sp³-hybridized carbons (Fsp3) is 0.333. The summed E-state index contributed by atoms with van der Waals surface area (Å²) in [6, 6.07) is 14.9. The Labute approximate surface area is 184 Å². The number of thioether (sulfide) groups is 1. The first-order chi connectivity index (χ1) is 14.4. The molecule has 0 saturated carbocycles. The van der Waals surface area contributed by atoms with Crippen molar-refractivity contribution in [2.45, 2.75) is 24.1 Å². The highest BCUT2D eigenvalue weighted by Gasteiger charge is 2.18. The Morgan fingerprint density at radius 1 is 1.20 bits per heavy atom. The maximum Gasteiger partial charge on any atom is 0.263 e. The number of sulfone groups is 1. The van der Waals surface area contributed by atoms with E-state index in [0.29, 0.717) is 30.1 Å². The molecule has 0 aliphatic rings. The zero-order chi connectivity index (χ0) is 21.6. The van der Waals surface area contributed by atoms with Gasteiger partial charge in [-0.2, -0.15) is 4.99 Å². The first-order valence-electron chi connectivity index (χ1n) is 9.49. The van der Waals surface area contributed by atoms with E-state index in [0.717, 1.165) is 15.1 Å². The summed E-state index contributed by atoms with van der Waals surface area (Å²) in [5.41, 5.74) is 1.61. The number of hydrogen-bond donors (Lipinski definition) is 0. The molecule has 2 aromatic carbocycles. The molecule has 0 fully saturated rings. The summed E-state index contributed by atoms with van der Waals surface area (Å²) in [7, 11) is -3.60. The lowest BCUT2D eigenvalue weighted by Gasteiger charge is -2.06. The Morgan fingerprint density at radius 3 is 2.67 bits per heavy atom. The number of hydrogen-bond acceptors (Lipinski definition) is 6. The highest BCUT2D eigenvalue weighted by molar-refractivity contribution is 7.98. The molecule has 3 rings (SSSR count). The molecule has 1 amide bonds. The van der Waals surface area contributed by atoms with Crippen molar-refractivity contribution in [3.63, 3.8) is 0 Å². The molecule has 0 radical (unpaired) electrons. The summed E-state index contributed by atoms with van der Waals surface area (Å²) in [5.74, 6) is -1.45. The van der Waals surface area contributed by atoms with Crippen molar-refractivity contribution in [1.29, 1.82) is 0 Å². The third-order valence-corrected chi connectivity index (χ3v) is 7.57. The minimum absolute atomic E-state index is 0.178. The lowest BCUT2D eigenvalue weighted by molar-refractivity contribution is -0.115. The molecule has 1 heterocycles. The molecule has 0 saturated heterocycles. The van der Waals surface area contributed by atoms with E-state index in [-0.39, 0.29) is 5.75 Å². The van der Waals surface area contributed by atoms with Crippen molar-refractivity contribution in [2.24, 2.45) is 4.99 Å². The highest BCUT2D eigenvalue weighted by atomic mass is 32.2. The van der Waals surface area contributed by atoms with Crippen molar-refractivity contribution < 1.29 is 17.9 Å². The normalized spacial score (nSPS) is 12.5. The number of nitrogens with zero attached hydrogens (tertiary/aromatic N) is 2. The van der Waals surface area contributed by atoms with Crippen LogP contribution in [0, 0.1) is 0 Å². The van der Waals surface area contributed by atoms with Crippen LogP contribution in [0.15, 0.2) is 58.4 Å². The average Bonchev–Trinajstić information content (AvgIpc) is 3.04. The van der Waals surface area contributed by atoms with E-state index in [2.05, 4.69) is 11.1 Å². The van der Waals surface area contributed by atoms with Gasteiger partial charge in [-0.25, -0.2) is 8.42 Å². The van der Waals surface area contributed by atoms with E-state index >= 15 is 0 Å². The molecule has 1 aromatic heterocycles. The smallest absolute Gasteiger partial charge is 0.263 e. The number of benzene rings is 2. The quantitative estimate of drug-likeness (QED) is 0.358. The van der Waals surface area contributed by atoms with Crippen LogP contribution in [0.5, 0.6) is 0 Å². The van der Waals surface area contributed by atoms with Gasteiger partial charge in [0.1, 0.15) is 5.75 Å². The SMILES string of the molecule is CCOCCn1c(=NC(=O)CS(=O)(=O)Cc2ccccc2)sc2cc(SC)ccc21. The van der Waals surface area contributed by atoms with Crippen LogP contribution in [0.3, 0.4) is 0 Å². The number of amides is 1. The Kier molecular flexibility index (Phi) is 7.87. The van der Waals surface area contributed by atoms with Crippen molar-refractivity contribution in [2.75, 3.05) is 25.2 Å². The van der Waals surface area contributed by atoms with Crippen LogP contribution in [0.1, 0.15) is 12.5 Å². The molecule has 0 atom stereocenters. The van der Waals surface area contributed by atoms with E-state index in [4.69, 9.17) is 4.74 Å². The van der Waals surface area contributed by atoms with Crippen LogP contribution in [0.25, 0.3) is 10.2 Å². The second-order valence-corrected chi connectivity index (χ2v) is 10.5. The summed E-state index contributed by atoms with van der Waals surface area (Å²) in [6.45, 7) is 3.55. The summed E-state index contributed by atoms with van der Waals surface area (Å²) >= 11 is 3.02. The first-order valence-corrected chi connectivity index (χ1v) is 13.3. The maximum absolute atomic E-state index is 12.5. The number of carbonyl (C=O) groups excluding carboxylic acids is 1. The zero-order valence-electron chi connectivity index (χ0n) is 16.9. The maximum atomic E-state index is 12.5. The molecule has 0 spiro atoms. The van der Waals surface area contributed by atoms with Gasteiger partial charge in [-0.3, -0.25) is 4.79 Å². The van der Waals surface area contributed by atoms with Gasteiger partial charge in [-0.05, 0) is 36.9 Å². The summed E-state index contributed by atoms with van der Waals surface area (Å²) in [6.07, 6.45) is 2.00. The van der Waals surface area contributed by atoms with Gasteiger partial charge in [0.25, 0.3) is 5.91 Å². The second kappa shape index (κ2) is 10.4. The highest BCUT2D eigenvalue weighted by Crippen LogP contribution is 2.24. The van der Waals surface area contributed by atoms with Gasteiger partial charge in [-0.1, -0.05) is 41.7 Å². The lowest BCUT2D eigenvalue weighted by Crippen LogP contribution is -2.23. The van der Waals surface area contributed by atoms with Gasteiger partial charge < -0.3 is 9.30 Å². The largest absolute Gasteiger partial charge is 0.380 e. The minimum Gasteiger partial charge on any atom is -0.380 e. The monoisotopic (exact) mass is 464 g/mol. The van der Waals surface area contributed by atoms with Gasteiger partial charge in [0.05, 0.1) is 22.6 Å². The Hall–Kier alpha value is -1.94. The van der Waals surface area contributed by atoms with E-state index in [1.165, 1.54) is 11.3 Å². The van der Waals surface area contributed by atoms with Gasteiger partial charge in [0.2, 0.25) is 0 Å².